The number of hydrogen-bond acceptors (Lipinski definition) is 8. The molecule has 4 atom stereocenters. The zero-order valence-electron chi connectivity index (χ0n) is 22.3. The number of benzene rings is 1. The highest BCUT2D eigenvalue weighted by Gasteiger charge is 2.40. The van der Waals surface area contributed by atoms with Gasteiger partial charge in [0.1, 0.15) is 12.1 Å². The predicted octanol–water partition coefficient (Wildman–Crippen LogP) is 1.44. The number of fused-ring (bicyclic) bond motifs is 1. The number of Topliss-reactive ketones (excluding diaryl/α,β-unsaturated/α-hetero) is 1. The van der Waals surface area contributed by atoms with Crippen molar-refractivity contribution in [1.82, 2.24) is 25.2 Å². The quantitative estimate of drug-likeness (QED) is 0.361. The molecule has 3 N–H and O–H groups in total. The number of aromatic nitrogens is 1. The molecule has 2 aliphatic heterocycles. The average molecular weight is 578 g/mol. The van der Waals surface area contributed by atoms with E-state index in [0.717, 1.165) is 11.0 Å². The van der Waals surface area contributed by atoms with Crippen LogP contribution in [0.3, 0.4) is 0 Å². The van der Waals surface area contributed by atoms with Crippen LogP contribution >= 0.6 is 11.3 Å². The highest BCUT2D eigenvalue weighted by molar-refractivity contribution is 7.88. The first-order valence-corrected chi connectivity index (χ1v) is 15.9. The lowest BCUT2D eigenvalue weighted by atomic mass is 9.94. The number of para-hydroxylation sites is 1. The Kier molecular flexibility index (Phi) is 9.02. The number of nitrogens with one attached hydrogen (secondary N) is 3. The fraction of sp³-hybridized carbons (Fsp3) is 0.577. The van der Waals surface area contributed by atoms with E-state index in [4.69, 9.17) is 0 Å². The van der Waals surface area contributed by atoms with Gasteiger partial charge in [0.05, 0.1) is 22.5 Å². The standard InChI is InChI=1S/C26H35N5O6S2/c1-15(2)21(30-39(3,36)37)26(35)31-13-7-6-9-19(31)24(34)28-18(14-16-11-12-27-23(16)33)22(32)25-29-17-8-4-5-10-20(17)38-25/h4-5,8,10,15-16,18-19,21,30H,6-7,9,11-14H2,1-3H3,(H,27,33)(H,28,34)/t16-,18-,19?,21-/m0/s1. The van der Waals surface area contributed by atoms with Crippen LogP contribution in [-0.4, -0.2) is 79.3 Å². The molecule has 0 aliphatic carbocycles. The van der Waals surface area contributed by atoms with Crippen molar-refractivity contribution in [3.05, 3.63) is 29.3 Å². The molecule has 0 radical (unpaired) electrons. The zero-order chi connectivity index (χ0) is 28.3. The van der Waals surface area contributed by atoms with Crippen LogP contribution in [0.2, 0.25) is 0 Å². The van der Waals surface area contributed by atoms with Crippen LogP contribution in [0.4, 0.5) is 0 Å². The van der Waals surface area contributed by atoms with Crippen molar-refractivity contribution in [3.63, 3.8) is 0 Å². The van der Waals surface area contributed by atoms with E-state index in [2.05, 4.69) is 20.3 Å². The summed E-state index contributed by atoms with van der Waals surface area (Å²) in [4.78, 5) is 59.0. The maximum Gasteiger partial charge on any atom is 0.243 e. The van der Waals surface area contributed by atoms with Gasteiger partial charge in [-0.15, -0.1) is 11.3 Å². The molecule has 2 aliphatic rings. The van der Waals surface area contributed by atoms with E-state index in [1.807, 2.05) is 24.3 Å². The van der Waals surface area contributed by atoms with E-state index in [1.54, 1.807) is 13.8 Å². The number of thiazole rings is 1. The zero-order valence-corrected chi connectivity index (χ0v) is 23.9. The van der Waals surface area contributed by atoms with Crippen LogP contribution < -0.4 is 15.4 Å². The Morgan fingerprint density at radius 3 is 2.56 bits per heavy atom. The summed E-state index contributed by atoms with van der Waals surface area (Å²) in [5, 5.41) is 5.86. The van der Waals surface area contributed by atoms with Crippen molar-refractivity contribution in [1.29, 1.82) is 0 Å². The van der Waals surface area contributed by atoms with Gasteiger partial charge in [-0.25, -0.2) is 18.1 Å². The fourth-order valence-electron chi connectivity index (χ4n) is 5.13. The third kappa shape index (κ3) is 7.00. The molecule has 0 spiro atoms. The minimum atomic E-state index is -3.67. The summed E-state index contributed by atoms with van der Waals surface area (Å²) in [6.07, 6.45) is 3.43. The third-order valence-corrected chi connectivity index (χ3v) is 8.92. The molecule has 0 bridgehead atoms. The van der Waals surface area contributed by atoms with Crippen molar-refractivity contribution in [2.45, 2.75) is 64.1 Å². The van der Waals surface area contributed by atoms with Gasteiger partial charge in [0, 0.05) is 19.0 Å². The number of piperidine rings is 1. The monoisotopic (exact) mass is 577 g/mol. The molecule has 13 heteroatoms. The van der Waals surface area contributed by atoms with Crippen LogP contribution in [0, 0.1) is 11.8 Å². The summed E-state index contributed by atoms with van der Waals surface area (Å²) < 4.78 is 27.1. The Morgan fingerprint density at radius 1 is 1.18 bits per heavy atom. The Morgan fingerprint density at radius 2 is 1.92 bits per heavy atom. The van der Waals surface area contributed by atoms with Crippen molar-refractivity contribution < 1.29 is 27.6 Å². The molecular formula is C26H35N5O6S2. The number of nitrogens with zero attached hydrogens (tertiary/aromatic N) is 2. The Bertz CT molecular complexity index is 1320. The van der Waals surface area contributed by atoms with E-state index >= 15 is 0 Å². The van der Waals surface area contributed by atoms with Gasteiger partial charge in [0.15, 0.2) is 5.01 Å². The maximum atomic E-state index is 13.7. The Labute approximate surface area is 232 Å². The molecular weight excluding hydrogens is 542 g/mol. The number of sulfonamides is 1. The van der Waals surface area contributed by atoms with Crippen LogP contribution in [0.15, 0.2) is 24.3 Å². The smallest absolute Gasteiger partial charge is 0.243 e. The summed E-state index contributed by atoms with van der Waals surface area (Å²) in [6, 6.07) is 4.48. The summed E-state index contributed by atoms with van der Waals surface area (Å²) in [6.45, 7) is 4.28. The summed E-state index contributed by atoms with van der Waals surface area (Å²) in [5.41, 5.74) is 0.677. The largest absolute Gasteiger partial charge is 0.356 e. The first-order chi connectivity index (χ1) is 18.4. The molecule has 212 valence electrons. The van der Waals surface area contributed by atoms with Gasteiger partial charge in [-0.05, 0) is 50.2 Å². The Hall–Kier alpha value is -2.90. The minimum Gasteiger partial charge on any atom is -0.356 e. The van der Waals surface area contributed by atoms with Crippen molar-refractivity contribution in [2.24, 2.45) is 11.8 Å². The van der Waals surface area contributed by atoms with Crippen LogP contribution in [0.5, 0.6) is 0 Å². The van der Waals surface area contributed by atoms with E-state index in [0.29, 0.717) is 44.3 Å². The lowest BCUT2D eigenvalue weighted by molar-refractivity contribution is -0.144. The number of carbonyl (C=O) groups is 4. The predicted molar refractivity (Wildman–Crippen MR) is 148 cm³/mol. The molecule has 1 unspecified atom stereocenters. The summed E-state index contributed by atoms with van der Waals surface area (Å²) in [7, 11) is -3.67. The molecule has 3 amide bonds. The molecule has 11 nitrogen and oxygen atoms in total. The van der Waals surface area contributed by atoms with Gasteiger partial charge >= 0.3 is 0 Å². The van der Waals surface area contributed by atoms with Crippen LogP contribution in [0.25, 0.3) is 10.2 Å². The minimum absolute atomic E-state index is 0.122. The maximum absolute atomic E-state index is 13.7. The van der Waals surface area contributed by atoms with E-state index in [-0.39, 0.29) is 29.0 Å². The van der Waals surface area contributed by atoms with Gasteiger partial charge in [0.25, 0.3) is 0 Å². The first kappa shape index (κ1) is 29.1. The second-order valence-electron chi connectivity index (χ2n) is 10.6. The first-order valence-electron chi connectivity index (χ1n) is 13.2. The molecule has 4 rings (SSSR count). The van der Waals surface area contributed by atoms with Crippen molar-refractivity contribution in [3.8, 4) is 0 Å². The molecule has 2 fully saturated rings. The van der Waals surface area contributed by atoms with Gasteiger partial charge in [-0.1, -0.05) is 26.0 Å². The fourth-order valence-corrected chi connectivity index (χ4v) is 6.92. The second-order valence-corrected chi connectivity index (χ2v) is 13.4. The molecule has 1 aromatic carbocycles. The third-order valence-electron chi connectivity index (χ3n) is 7.18. The van der Waals surface area contributed by atoms with Gasteiger partial charge in [-0.2, -0.15) is 0 Å². The van der Waals surface area contributed by atoms with E-state index < -0.39 is 45.9 Å². The second kappa shape index (κ2) is 12.1. The molecule has 39 heavy (non-hydrogen) atoms. The number of ketones is 1. The van der Waals surface area contributed by atoms with Crippen molar-refractivity contribution in [2.75, 3.05) is 19.3 Å². The van der Waals surface area contributed by atoms with Crippen LogP contribution in [-0.2, 0) is 24.4 Å². The van der Waals surface area contributed by atoms with Gasteiger partial charge in [0.2, 0.25) is 33.5 Å². The number of rotatable bonds is 10. The highest BCUT2D eigenvalue weighted by Crippen LogP contribution is 2.26. The molecule has 3 heterocycles. The molecule has 2 aromatic rings. The van der Waals surface area contributed by atoms with Crippen LogP contribution in [0.1, 0.15) is 55.8 Å². The highest BCUT2D eigenvalue weighted by atomic mass is 32.2. The number of carbonyl (C=O) groups excluding carboxylic acids is 4. The lowest BCUT2D eigenvalue weighted by Crippen LogP contribution is -2.60. The van der Waals surface area contributed by atoms with Crippen molar-refractivity contribution >= 4 is 55.1 Å². The SMILES string of the molecule is CC(C)[C@H](NS(C)(=O)=O)C(=O)N1CCCCC1C(=O)N[C@@H](C[C@@H]1CCNC1=O)C(=O)c1nc2ccccc2s1. The lowest BCUT2D eigenvalue weighted by Gasteiger charge is -2.38. The van der Waals surface area contributed by atoms with Gasteiger partial charge < -0.3 is 15.5 Å². The van der Waals surface area contributed by atoms with Gasteiger partial charge in [-0.3, -0.25) is 19.2 Å². The summed E-state index contributed by atoms with van der Waals surface area (Å²) >= 11 is 1.23. The molecule has 0 saturated carbocycles. The molecule has 1 aromatic heterocycles. The number of amides is 3. The number of likely N-dealkylation sites (tertiary alicyclic amines) is 1. The Balaban J connectivity index is 1.58. The van der Waals surface area contributed by atoms with E-state index in [9.17, 15) is 27.6 Å². The average Bonchev–Trinajstić information content (AvgIpc) is 3.51. The summed E-state index contributed by atoms with van der Waals surface area (Å²) in [5.74, 6) is -2.28. The normalized spacial score (nSPS) is 21.5. The molecule has 2 saturated heterocycles. The van der Waals surface area contributed by atoms with E-state index in [1.165, 1.54) is 16.2 Å². The number of hydrogen-bond donors (Lipinski definition) is 3. The topological polar surface area (TPSA) is 155 Å².